The Hall–Kier alpha value is -0.870. The Morgan fingerprint density at radius 1 is 1.39 bits per heavy atom. The fraction of sp³-hybridized carbons (Fsp3) is 0.500. The molecule has 0 aromatic heterocycles. The van der Waals surface area contributed by atoms with Crippen molar-refractivity contribution < 1.29 is 4.79 Å². The molecule has 2 rings (SSSR count). The number of likely N-dealkylation sites (tertiary alicyclic amines) is 1. The van der Waals surface area contributed by atoms with Crippen molar-refractivity contribution in [1.82, 2.24) is 10.2 Å². The maximum Gasteiger partial charge on any atom is 0.219 e. The third-order valence-electron chi connectivity index (χ3n) is 3.48. The summed E-state index contributed by atoms with van der Waals surface area (Å²) in [5.74, 6) is 0.194. The molecule has 1 aliphatic heterocycles. The van der Waals surface area contributed by atoms with E-state index in [2.05, 4.69) is 39.4 Å². The van der Waals surface area contributed by atoms with Crippen molar-refractivity contribution in [2.45, 2.75) is 32.4 Å². The summed E-state index contributed by atoms with van der Waals surface area (Å²) in [6, 6.07) is 8.80. The Balaban J connectivity index is 1.79. The van der Waals surface area contributed by atoms with Crippen LogP contribution in [-0.4, -0.2) is 29.9 Å². The molecule has 0 aliphatic carbocycles. The summed E-state index contributed by atoms with van der Waals surface area (Å²) in [4.78, 5) is 13.2. The molecule has 0 unspecified atom stereocenters. The lowest BCUT2D eigenvalue weighted by Crippen LogP contribution is -2.43. The Labute approximate surface area is 117 Å². The van der Waals surface area contributed by atoms with Crippen LogP contribution in [0, 0.1) is 0 Å². The van der Waals surface area contributed by atoms with Gasteiger partial charge < -0.3 is 10.2 Å². The number of carbonyl (C=O) groups excluding carboxylic acids is 1. The molecule has 1 aromatic rings. The Morgan fingerprint density at radius 2 is 2.06 bits per heavy atom. The second kappa shape index (κ2) is 6.34. The number of hydrogen-bond donors (Lipinski definition) is 1. The fourth-order valence-electron chi connectivity index (χ4n) is 2.29. The summed E-state index contributed by atoms with van der Waals surface area (Å²) in [5, 5.41) is 3.57. The molecule has 0 saturated carbocycles. The van der Waals surface area contributed by atoms with E-state index in [9.17, 15) is 4.79 Å². The van der Waals surface area contributed by atoms with E-state index >= 15 is 0 Å². The number of benzene rings is 1. The van der Waals surface area contributed by atoms with Crippen LogP contribution < -0.4 is 5.32 Å². The minimum atomic E-state index is 0.194. The van der Waals surface area contributed by atoms with Gasteiger partial charge in [-0.15, -0.1) is 0 Å². The molecule has 1 aromatic carbocycles. The molecule has 0 bridgehead atoms. The molecular formula is C14H19BrN2O. The van der Waals surface area contributed by atoms with Crippen LogP contribution in [0.4, 0.5) is 0 Å². The van der Waals surface area contributed by atoms with Gasteiger partial charge in [0.2, 0.25) is 5.91 Å². The number of hydrogen-bond acceptors (Lipinski definition) is 2. The number of piperidine rings is 1. The van der Waals surface area contributed by atoms with Gasteiger partial charge in [0.15, 0.2) is 0 Å². The number of nitrogens with zero attached hydrogens (tertiary/aromatic N) is 1. The SMILES string of the molecule is CC(=O)N1CCC(NCc2ccccc2Br)CC1. The summed E-state index contributed by atoms with van der Waals surface area (Å²) in [7, 11) is 0. The van der Waals surface area contributed by atoms with E-state index in [0.29, 0.717) is 6.04 Å². The van der Waals surface area contributed by atoms with E-state index < -0.39 is 0 Å². The first-order chi connectivity index (χ1) is 8.66. The quantitative estimate of drug-likeness (QED) is 0.930. The van der Waals surface area contributed by atoms with Crippen LogP contribution in [0.5, 0.6) is 0 Å². The lowest BCUT2D eigenvalue weighted by atomic mass is 10.0. The average molecular weight is 311 g/mol. The summed E-state index contributed by atoms with van der Waals surface area (Å²) in [6.45, 7) is 4.28. The van der Waals surface area contributed by atoms with Gasteiger partial charge in [-0.05, 0) is 24.5 Å². The summed E-state index contributed by atoms with van der Waals surface area (Å²) in [5.41, 5.74) is 1.28. The van der Waals surface area contributed by atoms with Crippen molar-refractivity contribution in [1.29, 1.82) is 0 Å². The largest absolute Gasteiger partial charge is 0.343 e. The Kier molecular flexibility index (Phi) is 4.78. The average Bonchev–Trinajstić information content (AvgIpc) is 2.38. The van der Waals surface area contributed by atoms with E-state index in [1.807, 2.05) is 11.0 Å². The van der Waals surface area contributed by atoms with Gasteiger partial charge in [-0.3, -0.25) is 4.79 Å². The van der Waals surface area contributed by atoms with Gasteiger partial charge in [0, 0.05) is 37.1 Å². The lowest BCUT2D eigenvalue weighted by Gasteiger charge is -2.31. The Bertz CT molecular complexity index is 414. The minimum Gasteiger partial charge on any atom is -0.343 e. The topological polar surface area (TPSA) is 32.3 Å². The van der Waals surface area contributed by atoms with E-state index in [0.717, 1.165) is 36.9 Å². The monoisotopic (exact) mass is 310 g/mol. The van der Waals surface area contributed by atoms with E-state index in [1.165, 1.54) is 5.56 Å². The predicted molar refractivity (Wildman–Crippen MR) is 76.3 cm³/mol. The molecule has 1 N–H and O–H groups in total. The number of rotatable bonds is 3. The third kappa shape index (κ3) is 3.56. The molecule has 1 aliphatic rings. The molecule has 1 fully saturated rings. The maximum absolute atomic E-state index is 11.2. The van der Waals surface area contributed by atoms with E-state index in [4.69, 9.17) is 0 Å². The van der Waals surface area contributed by atoms with Gasteiger partial charge >= 0.3 is 0 Å². The van der Waals surface area contributed by atoms with Crippen molar-refractivity contribution in [3.8, 4) is 0 Å². The fourth-order valence-corrected chi connectivity index (χ4v) is 2.72. The highest BCUT2D eigenvalue weighted by molar-refractivity contribution is 9.10. The van der Waals surface area contributed by atoms with Gasteiger partial charge in [0.25, 0.3) is 0 Å². The van der Waals surface area contributed by atoms with Crippen molar-refractivity contribution in [3.63, 3.8) is 0 Å². The smallest absolute Gasteiger partial charge is 0.219 e. The molecule has 0 atom stereocenters. The van der Waals surface area contributed by atoms with Crippen molar-refractivity contribution in [2.24, 2.45) is 0 Å². The molecule has 4 heteroatoms. The van der Waals surface area contributed by atoms with Gasteiger partial charge in [-0.25, -0.2) is 0 Å². The molecule has 1 amide bonds. The zero-order valence-electron chi connectivity index (χ0n) is 10.7. The highest BCUT2D eigenvalue weighted by Crippen LogP contribution is 2.17. The number of amides is 1. The Morgan fingerprint density at radius 3 is 2.67 bits per heavy atom. The molecule has 0 spiro atoms. The van der Waals surface area contributed by atoms with Crippen LogP contribution in [0.1, 0.15) is 25.3 Å². The number of halogens is 1. The molecule has 0 radical (unpaired) electrons. The van der Waals surface area contributed by atoms with Crippen LogP contribution in [0.3, 0.4) is 0 Å². The minimum absolute atomic E-state index is 0.194. The van der Waals surface area contributed by atoms with Crippen LogP contribution >= 0.6 is 15.9 Å². The molecule has 98 valence electrons. The van der Waals surface area contributed by atoms with E-state index in [-0.39, 0.29) is 5.91 Å². The number of nitrogens with one attached hydrogen (secondary N) is 1. The highest BCUT2D eigenvalue weighted by atomic mass is 79.9. The normalized spacial score (nSPS) is 16.9. The first kappa shape index (κ1) is 13.6. The van der Waals surface area contributed by atoms with Crippen LogP contribution in [0.25, 0.3) is 0 Å². The highest BCUT2D eigenvalue weighted by Gasteiger charge is 2.20. The van der Waals surface area contributed by atoms with Crippen molar-refractivity contribution in [2.75, 3.05) is 13.1 Å². The first-order valence-electron chi connectivity index (χ1n) is 6.39. The zero-order valence-corrected chi connectivity index (χ0v) is 12.2. The summed E-state index contributed by atoms with van der Waals surface area (Å²) >= 11 is 3.56. The molecule has 1 heterocycles. The summed E-state index contributed by atoms with van der Waals surface area (Å²) in [6.07, 6.45) is 2.09. The number of carbonyl (C=O) groups is 1. The second-order valence-electron chi connectivity index (χ2n) is 4.75. The van der Waals surface area contributed by atoms with Gasteiger partial charge in [-0.2, -0.15) is 0 Å². The zero-order chi connectivity index (χ0) is 13.0. The van der Waals surface area contributed by atoms with E-state index in [1.54, 1.807) is 6.92 Å². The predicted octanol–water partition coefficient (Wildman–Crippen LogP) is 2.55. The van der Waals surface area contributed by atoms with Crippen molar-refractivity contribution in [3.05, 3.63) is 34.3 Å². The first-order valence-corrected chi connectivity index (χ1v) is 7.18. The molecule has 3 nitrogen and oxygen atoms in total. The summed E-state index contributed by atoms with van der Waals surface area (Å²) < 4.78 is 1.15. The third-order valence-corrected chi connectivity index (χ3v) is 4.25. The second-order valence-corrected chi connectivity index (χ2v) is 5.61. The lowest BCUT2D eigenvalue weighted by molar-refractivity contribution is -0.129. The molecule has 1 saturated heterocycles. The van der Waals surface area contributed by atoms with Gasteiger partial charge in [0.05, 0.1) is 0 Å². The standard InChI is InChI=1S/C14H19BrN2O/c1-11(18)17-8-6-13(7-9-17)16-10-12-4-2-3-5-14(12)15/h2-5,13,16H,6-10H2,1H3. The molecular weight excluding hydrogens is 292 g/mol. The van der Waals surface area contributed by atoms with Gasteiger partial charge in [-0.1, -0.05) is 34.1 Å². The van der Waals surface area contributed by atoms with Crippen LogP contribution in [-0.2, 0) is 11.3 Å². The maximum atomic E-state index is 11.2. The van der Waals surface area contributed by atoms with Crippen molar-refractivity contribution >= 4 is 21.8 Å². The van der Waals surface area contributed by atoms with Gasteiger partial charge in [0.1, 0.15) is 0 Å². The molecule has 18 heavy (non-hydrogen) atoms. The van der Waals surface area contributed by atoms with Crippen LogP contribution in [0.15, 0.2) is 28.7 Å². The van der Waals surface area contributed by atoms with Crippen LogP contribution in [0.2, 0.25) is 0 Å².